The number of methoxy groups -OCH3 is 1. The highest BCUT2D eigenvalue weighted by Crippen LogP contribution is 2.45. The van der Waals surface area contributed by atoms with E-state index in [0.717, 1.165) is 24.5 Å². The molecule has 3 heterocycles. The molecule has 12 amide bonds. The standard InChI is InChI=1S/C75H119F5N12O14/c1-15-37-106-45-57-64(96)82-62(47(4)16-2)70(102)85(8)44-61(95)86(9)53-25-18-17-21-36-91(69(53)101)56(39-49-30-34-74(76,77)35-31-49)67(99)84(7)43-59(93)81-52(29-27-48-26-28-51(75(78,79)80)58(40-48)105-14)65(97)92-42-46(3)38-55(92)68(100)90(13)73(32-22-33-73)72(104)89(12)63(50-23-19-20-24-50)71(103)88(11)54(66(98)83(5)6)41-60(94)87(57)10/h17-18,46-58,62-63H,15-16,19-45H2,1-14H3,(H,81,93)(H,82,96)/b18-17-/t46-,47-,48?,51?,52-,53-,54-,55-,56-,57-,58?,62-,63-/m0/s1. The minimum Gasteiger partial charge on any atom is -0.381 e. The topological polar surface area (TPSA) is 280 Å². The summed E-state index contributed by atoms with van der Waals surface area (Å²) in [5.74, 6) is -15.5. The van der Waals surface area contributed by atoms with Crippen LogP contribution in [-0.4, -0.2) is 302 Å². The maximum absolute atomic E-state index is 15.7. The lowest BCUT2D eigenvalue weighted by Gasteiger charge is -2.51. The molecule has 0 aromatic rings. The third kappa shape index (κ3) is 20.4. The lowest BCUT2D eigenvalue weighted by atomic mass is 9.73. The van der Waals surface area contributed by atoms with Crippen molar-refractivity contribution in [3.05, 3.63) is 12.2 Å². The van der Waals surface area contributed by atoms with Gasteiger partial charge < -0.3 is 69.1 Å². The van der Waals surface area contributed by atoms with E-state index in [1.807, 2.05) is 13.8 Å². The van der Waals surface area contributed by atoms with E-state index >= 15 is 28.8 Å². The van der Waals surface area contributed by atoms with Gasteiger partial charge in [0.05, 0.1) is 38.1 Å². The molecule has 3 aliphatic heterocycles. The molecule has 13 atom stereocenters. The number of carbonyl (C=O) groups excluding carboxylic acids is 12. The molecule has 7 aliphatic rings. The van der Waals surface area contributed by atoms with Crippen molar-refractivity contribution >= 4 is 70.9 Å². The predicted molar refractivity (Wildman–Crippen MR) is 382 cm³/mol. The van der Waals surface area contributed by atoms with Gasteiger partial charge in [-0.3, -0.25) is 57.5 Å². The molecular formula is C75H119F5N12O14. The van der Waals surface area contributed by atoms with Crippen molar-refractivity contribution in [2.24, 2.45) is 35.5 Å². The Morgan fingerprint density at radius 2 is 1.33 bits per heavy atom. The molecule has 31 heteroatoms. The summed E-state index contributed by atoms with van der Waals surface area (Å²) in [5.41, 5.74) is -1.54. The number of likely N-dealkylation sites (N-methyl/N-ethyl adjacent to an activating group) is 8. The normalized spacial score (nSPS) is 30.8. The molecule has 598 valence electrons. The van der Waals surface area contributed by atoms with E-state index in [1.54, 1.807) is 26.0 Å². The quantitative estimate of drug-likeness (QED) is 0.124. The lowest BCUT2D eigenvalue weighted by Crippen LogP contribution is -2.68. The molecule has 2 saturated heterocycles. The van der Waals surface area contributed by atoms with Crippen LogP contribution >= 0.6 is 0 Å². The molecular weight excluding hydrogens is 1390 g/mol. The van der Waals surface area contributed by atoms with Gasteiger partial charge in [0.25, 0.3) is 0 Å². The van der Waals surface area contributed by atoms with Crippen LogP contribution in [0.2, 0.25) is 0 Å². The van der Waals surface area contributed by atoms with E-state index in [4.69, 9.17) is 9.47 Å². The number of nitrogens with zero attached hydrogens (tertiary/aromatic N) is 10. The van der Waals surface area contributed by atoms with Crippen LogP contribution in [0.5, 0.6) is 0 Å². The van der Waals surface area contributed by atoms with Crippen molar-refractivity contribution in [2.75, 3.05) is 110 Å². The Bertz CT molecular complexity index is 3160. The largest absolute Gasteiger partial charge is 0.394 e. The molecule has 0 radical (unpaired) electrons. The first-order valence-electron chi connectivity index (χ1n) is 38.3. The Morgan fingerprint density at radius 3 is 1.92 bits per heavy atom. The minimum atomic E-state index is -4.54. The highest BCUT2D eigenvalue weighted by atomic mass is 19.4. The van der Waals surface area contributed by atoms with Crippen LogP contribution < -0.4 is 10.6 Å². The van der Waals surface area contributed by atoms with E-state index in [-0.39, 0.29) is 116 Å². The smallest absolute Gasteiger partial charge is 0.381 e. The predicted octanol–water partition coefficient (Wildman–Crippen LogP) is 5.49. The molecule has 0 aromatic heterocycles. The Balaban J connectivity index is 1.32. The monoisotopic (exact) mass is 1510 g/mol. The number of hydrogen-bond acceptors (Lipinski definition) is 14. The van der Waals surface area contributed by atoms with Crippen LogP contribution in [0.1, 0.15) is 175 Å². The van der Waals surface area contributed by atoms with Gasteiger partial charge in [0.1, 0.15) is 53.9 Å². The van der Waals surface area contributed by atoms with Gasteiger partial charge in [-0.25, -0.2) is 8.78 Å². The van der Waals surface area contributed by atoms with Gasteiger partial charge in [0.15, 0.2) is 0 Å². The number of alkyl halides is 5. The first-order chi connectivity index (χ1) is 49.8. The molecule has 0 aromatic carbocycles. The summed E-state index contributed by atoms with van der Waals surface area (Å²) in [5, 5.41) is 5.65. The zero-order valence-corrected chi connectivity index (χ0v) is 64.9. The fraction of sp³-hybridized carbons (Fsp3) is 0.813. The number of nitrogens with one attached hydrogen (secondary N) is 2. The van der Waals surface area contributed by atoms with Crippen LogP contribution in [0.3, 0.4) is 0 Å². The minimum absolute atomic E-state index is 0.000173. The second kappa shape index (κ2) is 37.4. The third-order valence-electron chi connectivity index (χ3n) is 24.1. The molecule has 2 bridgehead atoms. The van der Waals surface area contributed by atoms with Crippen molar-refractivity contribution < 1.29 is 89.0 Å². The summed E-state index contributed by atoms with van der Waals surface area (Å²) in [6.45, 7) is 5.57. The number of halogens is 5. The number of ether oxygens (including phenoxy) is 2. The van der Waals surface area contributed by atoms with Crippen LogP contribution in [0.4, 0.5) is 22.0 Å². The summed E-state index contributed by atoms with van der Waals surface area (Å²) in [6, 6.07) is -10.8. The molecule has 26 nitrogen and oxygen atoms in total. The van der Waals surface area contributed by atoms with Gasteiger partial charge in [-0.1, -0.05) is 59.1 Å². The van der Waals surface area contributed by atoms with Gasteiger partial charge in [-0.15, -0.1) is 0 Å². The molecule has 3 unspecified atom stereocenters. The highest BCUT2D eigenvalue weighted by Gasteiger charge is 2.57. The summed E-state index contributed by atoms with van der Waals surface area (Å²) < 4.78 is 83.8. The fourth-order valence-electron chi connectivity index (χ4n) is 16.9. The van der Waals surface area contributed by atoms with Gasteiger partial charge in [0, 0.05) is 103 Å². The number of amides is 12. The van der Waals surface area contributed by atoms with E-state index < -0.39 is 205 Å². The lowest BCUT2D eigenvalue weighted by molar-refractivity contribution is -0.215. The SMILES string of the molecule is CCCOC[C@H]1C(=O)N[C@@H]([C@@H](C)CC)C(=O)N(C)CC(=O)N(C)[C@H]2C/C=C\CCN(C2=O)[C@@H](CC2CCC(F)(F)CC2)C(=O)N(C)CC(=O)N[C@@H](CCC2CCC(C(F)(F)F)C(OC)C2)C(=O)N2C[C@@H](C)C[C@H]2C(=O)N(C)C2(CCC2)C(=O)N(C)[C@@H](C2CCCC2)C(=O)N(C)[C@H](C(=O)N(C)C)CC(=O)N1C. The number of fused-ring (bicyclic) bond motifs is 3. The molecule has 4 aliphatic carbocycles. The van der Waals surface area contributed by atoms with Crippen LogP contribution in [0.15, 0.2) is 12.2 Å². The molecule has 4 saturated carbocycles. The van der Waals surface area contributed by atoms with Crippen molar-refractivity contribution in [1.29, 1.82) is 0 Å². The van der Waals surface area contributed by atoms with Crippen molar-refractivity contribution in [3.8, 4) is 0 Å². The number of carbonyl (C=O) groups is 12. The Labute approximate surface area is 622 Å². The summed E-state index contributed by atoms with van der Waals surface area (Å²) in [4.78, 5) is 194. The zero-order valence-electron chi connectivity index (χ0n) is 64.9. The third-order valence-corrected chi connectivity index (χ3v) is 24.1. The van der Waals surface area contributed by atoms with E-state index in [0.29, 0.717) is 44.9 Å². The first-order valence-corrected chi connectivity index (χ1v) is 38.3. The van der Waals surface area contributed by atoms with Crippen molar-refractivity contribution in [1.82, 2.24) is 59.6 Å². The second-order valence-electron chi connectivity index (χ2n) is 31.7. The van der Waals surface area contributed by atoms with Gasteiger partial charge in [-0.2, -0.15) is 13.2 Å². The van der Waals surface area contributed by atoms with Crippen LogP contribution in [0.25, 0.3) is 0 Å². The average molecular weight is 1510 g/mol. The maximum Gasteiger partial charge on any atom is 0.394 e. The molecule has 106 heavy (non-hydrogen) atoms. The van der Waals surface area contributed by atoms with E-state index in [9.17, 15) is 50.7 Å². The number of hydrogen-bond donors (Lipinski definition) is 2. The second-order valence-corrected chi connectivity index (χ2v) is 31.7. The molecule has 7 rings (SSSR count). The zero-order chi connectivity index (χ0) is 78.6. The average Bonchev–Trinajstić information content (AvgIpc) is 1.07. The summed E-state index contributed by atoms with van der Waals surface area (Å²) in [7, 11) is 13.8. The maximum atomic E-state index is 15.7. The molecule has 1 spiro atoms. The number of rotatable bonds is 14. The Kier molecular flexibility index (Phi) is 30.4. The van der Waals surface area contributed by atoms with Crippen LogP contribution in [-0.2, 0) is 67.0 Å². The molecule has 6 fully saturated rings. The first kappa shape index (κ1) is 86.2. The van der Waals surface area contributed by atoms with E-state index in [1.165, 1.54) is 95.0 Å². The van der Waals surface area contributed by atoms with Gasteiger partial charge >= 0.3 is 6.18 Å². The fourth-order valence-corrected chi connectivity index (χ4v) is 16.9. The van der Waals surface area contributed by atoms with E-state index in [2.05, 4.69) is 10.6 Å². The highest BCUT2D eigenvalue weighted by molar-refractivity contribution is 6.01. The summed E-state index contributed by atoms with van der Waals surface area (Å²) in [6.07, 6.45) is 0.331. The molecule has 2 N–H and O–H groups in total. The van der Waals surface area contributed by atoms with Gasteiger partial charge in [0.2, 0.25) is 76.8 Å². The van der Waals surface area contributed by atoms with Crippen molar-refractivity contribution in [3.63, 3.8) is 0 Å². The summed E-state index contributed by atoms with van der Waals surface area (Å²) >= 11 is 0. The van der Waals surface area contributed by atoms with Crippen LogP contribution in [0, 0.1) is 35.5 Å². The van der Waals surface area contributed by atoms with Crippen molar-refractivity contribution in [2.45, 2.75) is 247 Å². The Morgan fingerprint density at radius 1 is 0.679 bits per heavy atom. The Hall–Kier alpha value is -7.05. The van der Waals surface area contributed by atoms with Gasteiger partial charge in [-0.05, 0) is 139 Å².